The Kier molecular flexibility index (Phi) is 5.82. The molecule has 1 heterocycles. The van der Waals surface area contributed by atoms with Gasteiger partial charge in [0.25, 0.3) is 0 Å². The molecule has 1 aromatic carbocycles. The molecule has 0 aromatic heterocycles. The number of hydrogen-bond donors (Lipinski definition) is 1. The van der Waals surface area contributed by atoms with Crippen LogP contribution >= 0.6 is 11.6 Å². The minimum absolute atomic E-state index is 0.272. The Morgan fingerprint density at radius 1 is 1.40 bits per heavy atom. The van der Waals surface area contributed by atoms with E-state index in [1.54, 1.807) is 6.07 Å². The molecule has 1 fully saturated rings. The Morgan fingerprint density at radius 2 is 2.20 bits per heavy atom. The molecule has 112 valence electrons. The molecule has 0 spiro atoms. The lowest BCUT2D eigenvalue weighted by atomic mass is 10.0. The Hall–Kier alpha value is -0.640. The zero-order valence-electron chi connectivity index (χ0n) is 12.3. The first-order valence-corrected chi connectivity index (χ1v) is 7.86. The maximum Gasteiger partial charge on any atom is 0.142 e. The highest BCUT2D eigenvalue weighted by atomic mass is 35.5. The van der Waals surface area contributed by atoms with Gasteiger partial charge < -0.3 is 5.32 Å². The van der Waals surface area contributed by atoms with Gasteiger partial charge in [0, 0.05) is 25.2 Å². The van der Waals surface area contributed by atoms with Crippen LogP contribution in [0.1, 0.15) is 38.7 Å². The average Bonchev–Trinajstić information content (AvgIpc) is 2.43. The van der Waals surface area contributed by atoms with Crippen LogP contribution in [-0.4, -0.2) is 30.1 Å². The number of nitrogens with one attached hydrogen (secondary N) is 1. The first kappa shape index (κ1) is 15.7. The predicted octanol–water partition coefficient (Wildman–Crippen LogP) is 3.83. The predicted molar refractivity (Wildman–Crippen MR) is 82.6 cm³/mol. The Balaban J connectivity index is 2.02. The molecule has 1 aliphatic heterocycles. The highest BCUT2D eigenvalue weighted by molar-refractivity contribution is 6.31. The second-order valence-corrected chi connectivity index (χ2v) is 6.27. The van der Waals surface area contributed by atoms with Gasteiger partial charge in [-0.3, -0.25) is 4.90 Å². The Bertz CT molecular complexity index is 436. The van der Waals surface area contributed by atoms with Crippen LogP contribution in [0.5, 0.6) is 0 Å². The zero-order chi connectivity index (χ0) is 14.5. The van der Waals surface area contributed by atoms with Crippen LogP contribution < -0.4 is 5.32 Å². The van der Waals surface area contributed by atoms with Gasteiger partial charge in [0.1, 0.15) is 5.82 Å². The van der Waals surface area contributed by atoms with Crippen LogP contribution in [-0.2, 0) is 6.54 Å². The molecule has 0 saturated carbocycles. The molecule has 2 nitrogen and oxygen atoms in total. The first-order chi connectivity index (χ1) is 9.58. The van der Waals surface area contributed by atoms with Crippen molar-refractivity contribution < 1.29 is 4.39 Å². The fraction of sp³-hybridized carbons (Fsp3) is 0.625. The van der Waals surface area contributed by atoms with Crippen LogP contribution in [0.25, 0.3) is 0 Å². The fourth-order valence-electron chi connectivity index (χ4n) is 2.76. The van der Waals surface area contributed by atoms with Crippen molar-refractivity contribution >= 4 is 11.6 Å². The van der Waals surface area contributed by atoms with Crippen molar-refractivity contribution in [2.75, 3.05) is 13.1 Å². The third kappa shape index (κ3) is 4.18. The van der Waals surface area contributed by atoms with Crippen molar-refractivity contribution in [1.29, 1.82) is 0 Å². The van der Waals surface area contributed by atoms with E-state index in [0.717, 1.165) is 25.2 Å². The molecule has 1 atom stereocenters. The molecule has 1 saturated heterocycles. The van der Waals surface area contributed by atoms with Crippen molar-refractivity contribution in [3.8, 4) is 0 Å². The first-order valence-electron chi connectivity index (χ1n) is 7.48. The van der Waals surface area contributed by atoms with Gasteiger partial charge in [0.05, 0.1) is 5.02 Å². The monoisotopic (exact) mass is 298 g/mol. The van der Waals surface area contributed by atoms with Crippen molar-refractivity contribution in [2.24, 2.45) is 0 Å². The lowest BCUT2D eigenvalue weighted by molar-refractivity contribution is 0.135. The SMILES string of the molecule is CC(C)NCC1CCCCN1Cc1cccc(F)c1Cl. The molecule has 1 N–H and O–H groups in total. The summed E-state index contributed by atoms with van der Waals surface area (Å²) in [6.07, 6.45) is 3.69. The molecule has 0 aliphatic carbocycles. The zero-order valence-corrected chi connectivity index (χ0v) is 13.1. The normalized spacial score (nSPS) is 20.6. The van der Waals surface area contributed by atoms with Crippen LogP contribution in [0.15, 0.2) is 18.2 Å². The molecule has 0 radical (unpaired) electrons. The molecule has 2 rings (SSSR count). The summed E-state index contributed by atoms with van der Waals surface area (Å²) < 4.78 is 13.5. The quantitative estimate of drug-likeness (QED) is 0.889. The lowest BCUT2D eigenvalue weighted by Gasteiger charge is -2.36. The van der Waals surface area contributed by atoms with Crippen molar-refractivity contribution in [2.45, 2.75) is 51.7 Å². The van der Waals surface area contributed by atoms with Gasteiger partial charge in [-0.25, -0.2) is 4.39 Å². The largest absolute Gasteiger partial charge is 0.313 e. The van der Waals surface area contributed by atoms with E-state index in [1.807, 2.05) is 6.07 Å². The smallest absolute Gasteiger partial charge is 0.142 e. The van der Waals surface area contributed by atoms with Gasteiger partial charge in [0.2, 0.25) is 0 Å². The molecule has 1 aliphatic rings. The number of benzene rings is 1. The lowest BCUT2D eigenvalue weighted by Crippen LogP contribution is -2.46. The maximum atomic E-state index is 13.5. The van der Waals surface area contributed by atoms with Gasteiger partial charge >= 0.3 is 0 Å². The highest BCUT2D eigenvalue weighted by Crippen LogP contribution is 2.25. The molecular weight excluding hydrogens is 275 g/mol. The minimum Gasteiger partial charge on any atom is -0.313 e. The number of halogens is 2. The van der Waals surface area contributed by atoms with Gasteiger partial charge in [-0.1, -0.05) is 44.0 Å². The highest BCUT2D eigenvalue weighted by Gasteiger charge is 2.23. The maximum absolute atomic E-state index is 13.5. The van der Waals surface area contributed by atoms with E-state index in [4.69, 9.17) is 11.6 Å². The molecular formula is C16H24ClFN2. The van der Waals surface area contributed by atoms with Crippen molar-refractivity contribution in [3.63, 3.8) is 0 Å². The average molecular weight is 299 g/mol. The molecule has 4 heteroatoms. The van der Waals surface area contributed by atoms with Gasteiger partial charge in [-0.15, -0.1) is 0 Å². The summed E-state index contributed by atoms with van der Waals surface area (Å²) in [7, 11) is 0. The van der Waals surface area contributed by atoms with E-state index in [2.05, 4.69) is 24.1 Å². The standard InChI is InChI=1S/C16H24ClFN2/c1-12(2)19-10-14-7-3-4-9-20(14)11-13-6-5-8-15(18)16(13)17/h5-6,8,12,14,19H,3-4,7,9-11H2,1-2H3. The number of likely N-dealkylation sites (tertiary alicyclic amines) is 1. The number of piperidine rings is 1. The number of hydrogen-bond acceptors (Lipinski definition) is 2. The Morgan fingerprint density at radius 3 is 2.95 bits per heavy atom. The molecule has 1 unspecified atom stereocenters. The number of rotatable bonds is 5. The molecule has 1 aromatic rings. The summed E-state index contributed by atoms with van der Waals surface area (Å²) >= 11 is 6.07. The third-order valence-corrected chi connectivity index (χ3v) is 4.34. The van der Waals surface area contributed by atoms with Gasteiger partial charge in [0.15, 0.2) is 0 Å². The second kappa shape index (κ2) is 7.39. The minimum atomic E-state index is -0.321. The van der Waals surface area contributed by atoms with E-state index in [-0.39, 0.29) is 10.8 Å². The van der Waals surface area contributed by atoms with Crippen LogP contribution in [0.2, 0.25) is 5.02 Å². The Labute approximate surface area is 126 Å². The van der Waals surface area contributed by atoms with Crippen molar-refractivity contribution in [1.82, 2.24) is 10.2 Å². The number of nitrogens with zero attached hydrogens (tertiary/aromatic N) is 1. The molecule has 0 amide bonds. The van der Waals surface area contributed by atoms with Gasteiger partial charge in [-0.2, -0.15) is 0 Å². The topological polar surface area (TPSA) is 15.3 Å². The summed E-state index contributed by atoms with van der Waals surface area (Å²) in [5.74, 6) is -0.321. The van der Waals surface area contributed by atoms with Crippen LogP contribution in [0.4, 0.5) is 4.39 Å². The molecule has 20 heavy (non-hydrogen) atoms. The summed E-state index contributed by atoms with van der Waals surface area (Å²) in [5, 5.41) is 3.78. The summed E-state index contributed by atoms with van der Waals surface area (Å²) in [5.41, 5.74) is 0.892. The van der Waals surface area contributed by atoms with E-state index in [9.17, 15) is 4.39 Å². The van der Waals surface area contributed by atoms with Gasteiger partial charge in [-0.05, 0) is 31.0 Å². The van der Waals surface area contributed by atoms with E-state index in [1.165, 1.54) is 25.3 Å². The van der Waals surface area contributed by atoms with Crippen LogP contribution in [0, 0.1) is 5.82 Å². The third-order valence-electron chi connectivity index (χ3n) is 3.92. The summed E-state index contributed by atoms with van der Waals surface area (Å²) in [6.45, 7) is 7.12. The van der Waals surface area contributed by atoms with Crippen LogP contribution in [0.3, 0.4) is 0 Å². The summed E-state index contributed by atoms with van der Waals surface area (Å²) in [6, 6.07) is 6.09. The second-order valence-electron chi connectivity index (χ2n) is 5.90. The van der Waals surface area contributed by atoms with E-state index in [0.29, 0.717) is 12.1 Å². The molecule has 0 bridgehead atoms. The van der Waals surface area contributed by atoms with E-state index < -0.39 is 0 Å². The summed E-state index contributed by atoms with van der Waals surface area (Å²) in [4.78, 5) is 2.43. The van der Waals surface area contributed by atoms with Crippen molar-refractivity contribution in [3.05, 3.63) is 34.6 Å². The van der Waals surface area contributed by atoms with E-state index >= 15 is 0 Å². The fourth-order valence-corrected chi connectivity index (χ4v) is 2.95.